The zero-order chi connectivity index (χ0) is 98.1. The third-order valence-corrected chi connectivity index (χ3v) is 21.1. The third kappa shape index (κ3) is 37.0. The molecule has 0 radical (unpaired) electrons. The van der Waals surface area contributed by atoms with E-state index in [0.29, 0.717) is 23.1 Å². The van der Waals surface area contributed by atoms with Crippen molar-refractivity contribution in [1.29, 1.82) is 5.41 Å². The molecule has 49 nitrogen and oxygen atoms in total. The van der Waals surface area contributed by atoms with E-state index in [1.165, 1.54) is 36.8 Å². The van der Waals surface area contributed by atoms with E-state index in [1.807, 2.05) is 0 Å². The lowest BCUT2D eigenvalue weighted by Crippen LogP contribution is -2.61. The minimum absolute atomic E-state index is 0.0324. The molecule has 2 saturated heterocycles. The number of carboxylic acids is 2. The van der Waals surface area contributed by atoms with Crippen molar-refractivity contribution < 1.29 is 116 Å². The van der Waals surface area contributed by atoms with Gasteiger partial charge in [0, 0.05) is 76.6 Å². The molecule has 0 aliphatic carbocycles. The molecule has 4 aromatic rings. The fourth-order valence-electron chi connectivity index (χ4n) is 14.2. The van der Waals surface area contributed by atoms with E-state index in [9.17, 15) is 116 Å². The summed E-state index contributed by atoms with van der Waals surface area (Å²) < 4.78 is 0. The largest absolute Gasteiger partial charge is 0.508 e. The molecule has 14 atom stereocenters. The second-order valence-corrected chi connectivity index (χ2v) is 32.2. The summed E-state index contributed by atoms with van der Waals surface area (Å²) in [5.41, 5.74) is 29.6. The van der Waals surface area contributed by atoms with Crippen molar-refractivity contribution in [2.24, 2.45) is 34.6 Å². The van der Waals surface area contributed by atoms with Crippen molar-refractivity contribution in [3.8, 4) is 5.75 Å². The topological polar surface area (TPSA) is 792 Å². The van der Waals surface area contributed by atoms with Crippen molar-refractivity contribution in [1.82, 2.24) is 99.5 Å². The van der Waals surface area contributed by atoms with Crippen LogP contribution in [-0.2, 0) is 122 Å². The maximum Gasteiger partial charge on any atom is 0.326 e. The van der Waals surface area contributed by atoms with Crippen LogP contribution in [0.4, 0.5) is 0 Å². The Bertz CT molecular complexity index is 4740. The van der Waals surface area contributed by atoms with Crippen molar-refractivity contribution in [3.63, 3.8) is 0 Å². The van der Waals surface area contributed by atoms with Gasteiger partial charge in [0.25, 0.3) is 0 Å². The maximum atomic E-state index is 14.8. The minimum atomic E-state index is -1.94. The Kier molecular flexibility index (Phi) is 43.4. The molecule has 2 aliphatic heterocycles. The van der Waals surface area contributed by atoms with Gasteiger partial charge in [0.2, 0.25) is 106 Å². The number of carboxylic acid groups (broad SMARTS) is 2. The highest BCUT2D eigenvalue weighted by atomic mass is 16.4. The molecule has 2 aliphatic rings. The van der Waals surface area contributed by atoms with Gasteiger partial charge in [0.15, 0.2) is 5.96 Å². The number of phenolic OH excluding ortho intramolecular Hbond substituents is 1. The molecule has 1 aromatic heterocycles. The lowest BCUT2D eigenvalue weighted by atomic mass is 10.0. The van der Waals surface area contributed by atoms with Gasteiger partial charge in [0.1, 0.15) is 78.3 Å². The average Bonchev–Trinajstić information content (AvgIpc) is 1.62. The van der Waals surface area contributed by atoms with Gasteiger partial charge in [-0.05, 0) is 99.5 Å². The molecule has 3 aromatic carbocycles. The van der Waals surface area contributed by atoms with Crippen molar-refractivity contribution >= 4 is 124 Å². The number of hydrogen-bond acceptors (Lipinski definition) is 26. The Balaban J connectivity index is 1.09. The van der Waals surface area contributed by atoms with Crippen LogP contribution >= 0.6 is 0 Å². The number of rotatable bonds is 55. The van der Waals surface area contributed by atoms with E-state index in [2.05, 4.69) is 89.7 Å². The van der Waals surface area contributed by atoms with Crippen LogP contribution in [0.15, 0.2) is 97.5 Å². The van der Waals surface area contributed by atoms with Gasteiger partial charge in [-0.3, -0.25) is 96.5 Å². The molecule has 49 heteroatoms. The van der Waals surface area contributed by atoms with Crippen LogP contribution in [0, 0.1) is 11.3 Å². The highest BCUT2D eigenvalue weighted by Crippen LogP contribution is 2.23. The molecular weight excluding hydrogens is 1740 g/mol. The molecule has 724 valence electrons. The summed E-state index contributed by atoms with van der Waals surface area (Å²) in [5.74, 6) is -21.0. The number of guanidine groups is 1. The molecular formula is C84H119N25O24. The number of imidazole rings is 1. The monoisotopic (exact) mass is 1860 g/mol. The molecule has 0 bridgehead atoms. The van der Waals surface area contributed by atoms with Crippen molar-refractivity contribution in [2.75, 3.05) is 52.4 Å². The average molecular weight is 1860 g/mol. The molecule has 3 heterocycles. The van der Waals surface area contributed by atoms with Crippen LogP contribution in [0.2, 0.25) is 0 Å². The second-order valence-electron chi connectivity index (χ2n) is 32.2. The summed E-state index contributed by atoms with van der Waals surface area (Å²) in [4.78, 5) is 280. The SMILES string of the molecule is CC(C)C[C@H](NC(=O)CNC(=O)CNC(=O)[C@H](Cc1ccccc1)NC(=O)[C@H](Cc1cnc[nH]1)NC(=O)CNC(=O)[C@@H](NC(=O)[C@H](CCC(=O)O)NC(=O)[C@H](Cc1ccccc1)NC(=O)[C@H](CCCNC(=N)N)NC(=O)[C@@H](N)CCC(N)=O)[C@@H](C)O)C(=O)N[C@@H](Cc1ccc(O)cc1)C(=O)N1CCC[C@H]1C(=O)N[C@@H](CN)C(=O)N[C@@H](CC(N)=O)C(=O)NCC(=O)N1CCC[C@H]1C(=O)O. The van der Waals surface area contributed by atoms with Crippen LogP contribution in [0.3, 0.4) is 0 Å². The number of aromatic hydroxyl groups is 1. The van der Waals surface area contributed by atoms with Gasteiger partial charge in [-0.15, -0.1) is 0 Å². The van der Waals surface area contributed by atoms with E-state index in [4.69, 9.17) is 34.1 Å². The molecule has 2 fully saturated rings. The number of aliphatic hydroxyl groups is 1. The fourth-order valence-corrected chi connectivity index (χ4v) is 14.2. The number of aromatic amines is 1. The Morgan fingerprint density at radius 2 is 0.962 bits per heavy atom. The highest BCUT2D eigenvalue weighted by Gasteiger charge is 2.42. The standard InChI is InChI=1S/C84H119N25O24/c1-44(2)31-54(76(125)105-59(34-48-20-22-50(111)23-21-48)82(131)109-30-11-18-61(109)80(129)106-60(37-85)79(128)104-58(36-64(88)113)73(122)96-42-68(117)108-29-12-19-62(108)83(132)133)98-66(115)40-93-65(114)39-94-72(121)55(32-46-13-6-4-7-14-46)102-78(127)57(35-49-38-91-43-97-49)99-67(116)41-95-81(130)70(45(3)110)107-75(124)53(25-27-69(118)119)101-77(126)56(33-47-15-8-5-9-16-47)103-74(123)52(17-10-28-92-84(89)90)100-71(120)51(86)24-26-63(87)112/h4-9,13-16,20-23,38,43-45,51-62,70,110-111H,10-12,17-19,24-37,39-42,85-86H2,1-3H3,(H2,87,112)(H2,88,113)(H,91,97)(H,93,114)(H,94,121)(H,95,130)(H,96,122)(H,98,115)(H,99,116)(H,100,120)(H,101,126)(H,102,127)(H,103,123)(H,104,128)(H,105,125)(H,106,129)(H,107,124)(H,118,119)(H,132,133)(H4,89,90,92)/t45-,51+,52+,53+,54+,55+,56+,57+,58+,59+,60+,61+,62+,70+/m1/s1. The van der Waals surface area contributed by atoms with Crippen molar-refractivity contribution in [3.05, 3.63) is 120 Å². The number of phenols is 1. The number of benzene rings is 3. The van der Waals surface area contributed by atoms with E-state index >= 15 is 0 Å². The van der Waals surface area contributed by atoms with Gasteiger partial charge in [0.05, 0.1) is 51.1 Å². The smallest absolute Gasteiger partial charge is 0.326 e. The number of H-pyrrole nitrogens is 1. The van der Waals surface area contributed by atoms with Gasteiger partial charge in [-0.2, -0.15) is 0 Å². The summed E-state index contributed by atoms with van der Waals surface area (Å²) in [7, 11) is 0. The molecule has 133 heavy (non-hydrogen) atoms. The number of aliphatic hydroxyl groups excluding tert-OH is 1. The van der Waals surface area contributed by atoms with Crippen LogP contribution in [-0.4, -0.2) is 301 Å². The Hall–Kier alpha value is -14.8. The summed E-state index contributed by atoms with van der Waals surface area (Å²) in [6, 6.07) is 2.11. The fraction of sp³-hybridized carbons (Fsp3) is 0.500. The first-order chi connectivity index (χ1) is 63.1. The first kappa shape index (κ1) is 107. The van der Waals surface area contributed by atoms with Gasteiger partial charge >= 0.3 is 11.9 Å². The number of nitrogens with one attached hydrogen (secondary N) is 17. The number of nitrogens with two attached hydrogens (primary N) is 5. The normalized spacial score (nSPS) is 16.0. The predicted molar refractivity (Wildman–Crippen MR) is 469 cm³/mol. The number of aromatic nitrogens is 2. The summed E-state index contributed by atoms with van der Waals surface area (Å²) in [6.07, 6.45) is -2.12. The number of carbonyl (C=O) groups excluding carboxylic acids is 18. The number of primary amides is 2. The van der Waals surface area contributed by atoms with Gasteiger partial charge in [-0.25, -0.2) is 9.78 Å². The number of carbonyl (C=O) groups is 20. The first-order valence-electron chi connectivity index (χ1n) is 42.9. The van der Waals surface area contributed by atoms with Gasteiger partial charge < -0.3 is 144 Å². The Morgan fingerprint density at radius 3 is 1.53 bits per heavy atom. The predicted octanol–water partition coefficient (Wildman–Crippen LogP) is -9.25. The summed E-state index contributed by atoms with van der Waals surface area (Å²) >= 11 is 0. The third-order valence-electron chi connectivity index (χ3n) is 21.1. The highest BCUT2D eigenvalue weighted by molar-refractivity contribution is 6.01. The zero-order valence-electron chi connectivity index (χ0n) is 73.6. The lowest BCUT2D eigenvalue weighted by Gasteiger charge is -2.31. The molecule has 0 spiro atoms. The van der Waals surface area contributed by atoms with Crippen LogP contribution < -0.4 is 108 Å². The Labute approximate surface area is 763 Å². The van der Waals surface area contributed by atoms with Crippen LogP contribution in [0.25, 0.3) is 0 Å². The molecule has 31 N–H and O–H groups in total. The quantitative estimate of drug-likeness (QED) is 0.0111. The zero-order valence-corrected chi connectivity index (χ0v) is 73.6. The number of aliphatic carboxylic acids is 2. The number of hydrogen-bond donors (Lipinski definition) is 26. The van der Waals surface area contributed by atoms with Crippen LogP contribution in [0.5, 0.6) is 5.75 Å². The first-order valence-corrected chi connectivity index (χ1v) is 42.9. The van der Waals surface area contributed by atoms with E-state index in [-0.39, 0.29) is 114 Å². The maximum absolute atomic E-state index is 14.8. The molecule has 18 amide bonds. The molecule has 6 rings (SSSR count). The lowest BCUT2D eigenvalue weighted by molar-refractivity contribution is -0.148. The van der Waals surface area contributed by atoms with Crippen LogP contribution in [0.1, 0.15) is 120 Å². The van der Waals surface area contributed by atoms with E-state index < -0.39 is 261 Å². The molecule has 0 saturated carbocycles. The molecule has 0 unspecified atom stereocenters. The summed E-state index contributed by atoms with van der Waals surface area (Å²) in [6.45, 7) is 0.771. The van der Waals surface area contributed by atoms with E-state index in [1.54, 1.807) is 74.5 Å². The summed E-state index contributed by atoms with van der Waals surface area (Å²) in [5, 5.41) is 84.5. The number of likely N-dealkylation sites (tertiary alicyclic amines) is 2. The van der Waals surface area contributed by atoms with E-state index in [0.717, 1.165) is 16.7 Å². The Morgan fingerprint density at radius 1 is 0.481 bits per heavy atom. The number of amides is 18. The van der Waals surface area contributed by atoms with Crippen molar-refractivity contribution in [2.45, 2.75) is 208 Å². The minimum Gasteiger partial charge on any atom is -0.508 e. The number of nitrogens with zero attached hydrogens (tertiary/aromatic N) is 3. The second kappa shape index (κ2) is 54.0. The van der Waals surface area contributed by atoms with Gasteiger partial charge in [-0.1, -0.05) is 86.6 Å².